The van der Waals surface area contributed by atoms with Gasteiger partial charge in [-0.2, -0.15) is 0 Å². The maximum Gasteiger partial charge on any atom is 0.486 e. The van der Waals surface area contributed by atoms with Gasteiger partial charge in [0.15, 0.2) is 0 Å². The summed E-state index contributed by atoms with van der Waals surface area (Å²) in [5.41, 5.74) is 0. The Bertz CT molecular complexity index is 620. The molecule has 0 atom stereocenters. The summed E-state index contributed by atoms with van der Waals surface area (Å²) in [4.78, 5) is 0. The summed E-state index contributed by atoms with van der Waals surface area (Å²) in [6.07, 6.45) is 13.5. The van der Waals surface area contributed by atoms with E-state index >= 15 is 0 Å². The van der Waals surface area contributed by atoms with Crippen LogP contribution in [-0.4, -0.2) is 77.1 Å². The van der Waals surface area contributed by atoms with E-state index in [1.54, 1.807) is 0 Å². The van der Waals surface area contributed by atoms with Gasteiger partial charge in [0.05, 0.1) is 0 Å². The van der Waals surface area contributed by atoms with Gasteiger partial charge in [-0.1, -0.05) is 101 Å². The Balaban J connectivity index is 4.45. The molecule has 0 aromatic rings. The lowest BCUT2D eigenvalue weighted by molar-refractivity contribution is 0.0124. The summed E-state index contributed by atoms with van der Waals surface area (Å²) in [5, 5.41) is 0. The Morgan fingerprint density at radius 1 is 0.260 bits per heavy atom. The van der Waals surface area contributed by atoms with Gasteiger partial charge in [-0.3, -0.25) is 0 Å². The Hall–Kier alpha value is 0.684. The van der Waals surface area contributed by atoms with Gasteiger partial charge in [0.25, 0.3) is 0 Å². The molecular weight excluding hydrogens is 721 g/mol. The minimum atomic E-state index is -3.58. The highest BCUT2D eigenvalue weighted by Gasteiger charge is 2.68. The standard InChI is InChI=1S/C35H80O10Si5/c1-11-21-31-46(36-26-16-6)41-47(32-22-12-2,37-27-17-7)43-49(34-24-14-4,39-29-19-9)45-50(35-25-15-5,40-30-20-10)44-48(42-46,33-23-13-3)38-28-18-8/h11-35H2,1-10H3. The lowest BCUT2D eigenvalue weighted by Crippen LogP contribution is -2.73. The second-order valence-corrected chi connectivity index (χ2v) is 28.5. The van der Waals surface area contributed by atoms with Crippen molar-refractivity contribution in [3.05, 3.63) is 0 Å². The van der Waals surface area contributed by atoms with Crippen LogP contribution >= 0.6 is 0 Å². The van der Waals surface area contributed by atoms with Gasteiger partial charge >= 0.3 is 44.0 Å². The average Bonchev–Trinajstić information content (AvgIpc) is 3.12. The largest absolute Gasteiger partial charge is 0.486 e. The Morgan fingerprint density at radius 3 is 0.540 bits per heavy atom. The molecule has 1 fully saturated rings. The van der Waals surface area contributed by atoms with Gasteiger partial charge in [-0.15, -0.1) is 0 Å². The van der Waals surface area contributed by atoms with Crippen LogP contribution in [0.3, 0.4) is 0 Å². The molecule has 0 amide bonds. The van der Waals surface area contributed by atoms with Crippen molar-refractivity contribution in [2.75, 3.05) is 33.0 Å². The van der Waals surface area contributed by atoms with Crippen molar-refractivity contribution in [2.24, 2.45) is 0 Å². The van der Waals surface area contributed by atoms with Crippen LogP contribution in [0.15, 0.2) is 0 Å². The third-order valence-corrected chi connectivity index (χ3v) is 28.9. The number of unbranched alkanes of at least 4 members (excludes halogenated alkanes) is 5. The molecule has 10 nitrogen and oxygen atoms in total. The Morgan fingerprint density at radius 2 is 0.420 bits per heavy atom. The molecule has 0 aromatic heterocycles. The predicted molar refractivity (Wildman–Crippen MR) is 214 cm³/mol. The maximum atomic E-state index is 7.58. The van der Waals surface area contributed by atoms with E-state index in [1.807, 2.05) is 0 Å². The summed E-state index contributed by atoms with van der Waals surface area (Å²) in [6.45, 7) is 24.3. The van der Waals surface area contributed by atoms with E-state index in [2.05, 4.69) is 69.2 Å². The van der Waals surface area contributed by atoms with Crippen molar-refractivity contribution >= 4 is 44.0 Å². The van der Waals surface area contributed by atoms with Crippen LogP contribution in [0.2, 0.25) is 30.2 Å². The van der Waals surface area contributed by atoms with Gasteiger partial charge in [-0.05, 0) is 64.2 Å². The fraction of sp³-hybridized carbons (Fsp3) is 1.00. The van der Waals surface area contributed by atoms with Gasteiger partial charge < -0.3 is 42.7 Å². The number of hydrogen-bond acceptors (Lipinski definition) is 10. The van der Waals surface area contributed by atoms with Crippen molar-refractivity contribution < 1.29 is 42.7 Å². The summed E-state index contributed by atoms with van der Waals surface area (Å²) in [5.74, 6) is 0. The van der Waals surface area contributed by atoms with E-state index in [1.165, 1.54) is 0 Å². The van der Waals surface area contributed by atoms with E-state index in [9.17, 15) is 0 Å². The van der Waals surface area contributed by atoms with E-state index in [-0.39, 0.29) is 0 Å². The molecule has 50 heavy (non-hydrogen) atoms. The fourth-order valence-corrected chi connectivity index (χ4v) is 31.6. The summed E-state index contributed by atoms with van der Waals surface area (Å²) in [7, 11) is -17.9. The molecule has 0 bridgehead atoms. The average molecular weight is 801 g/mol. The van der Waals surface area contributed by atoms with Crippen LogP contribution < -0.4 is 0 Å². The summed E-state index contributed by atoms with van der Waals surface area (Å²) >= 11 is 0. The van der Waals surface area contributed by atoms with Crippen LogP contribution in [0.25, 0.3) is 0 Å². The normalized spacial score (nSPS) is 29.4. The highest BCUT2D eigenvalue weighted by atomic mass is 28.6. The molecule has 1 saturated heterocycles. The quantitative estimate of drug-likeness (QED) is 0.0654. The van der Waals surface area contributed by atoms with E-state index in [0.717, 1.165) is 96.3 Å². The van der Waals surface area contributed by atoms with Gasteiger partial charge in [0.2, 0.25) is 0 Å². The zero-order valence-corrected chi connectivity index (χ0v) is 39.3. The van der Waals surface area contributed by atoms with Crippen molar-refractivity contribution in [3.63, 3.8) is 0 Å². The molecule has 0 spiro atoms. The number of rotatable bonds is 30. The zero-order valence-electron chi connectivity index (χ0n) is 34.3. The second kappa shape index (κ2) is 27.3. The minimum Gasteiger partial charge on any atom is -0.374 e. The predicted octanol–water partition coefficient (Wildman–Crippen LogP) is 10.9. The third-order valence-electron chi connectivity index (χ3n) is 8.37. The van der Waals surface area contributed by atoms with E-state index in [0.29, 0.717) is 63.3 Å². The molecular formula is C35H80O10Si5. The molecule has 15 heteroatoms. The molecule has 0 N–H and O–H groups in total. The summed E-state index contributed by atoms with van der Waals surface area (Å²) in [6, 6.07) is 3.21. The van der Waals surface area contributed by atoms with Crippen LogP contribution in [0.4, 0.5) is 0 Å². The highest BCUT2D eigenvalue weighted by molar-refractivity contribution is 6.89. The molecule has 0 aliphatic carbocycles. The Kier molecular flexibility index (Phi) is 26.6. The third kappa shape index (κ3) is 17.0. The summed E-state index contributed by atoms with van der Waals surface area (Å²) < 4.78 is 72.9. The first-order valence-corrected chi connectivity index (χ1v) is 30.5. The fourth-order valence-electron chi connectivity index (χ4n) is 5.71. The van der Waals surface area contributed by atoms with Crippen LogP contribution in [0.1, 0.15) is 166 Å². The smallest absolute Gasteiger partial charge is 0.374 e. The van der Waals surface area contributed by atoms with Crippen molar-refractivity contribution in [1.82, 2.24) is 0 Å². The van der Waals surface area contributed by atoms with E-state index < -0.39 is 44.0 Å². The molecule has 0 radical (unpaired) electrons. The molecule has 1 aliphatic rings. The van der Waals surface area contributed by atoms with Crippen LogP contribution in [-0.2, 0) is 42.7 Å². The van der Waals surface area contributed by atoms with Gasteiger partial charge in [0.1, 0.15) is 0 Å². The Labute approximate surface area is 314 Å². The van der Waals surface area contributed by atoms with Crippen LogP contribution in [0.5, 0.6) is 0 Å². The SMILES string of the molecule is CCCC[Si]1(OCCC)O[Si](CCCC)(OCCC)O[Si](CCCC)(OCCC)O[Si](CCCC)(OCCC)O[Si](CCCC)(OCCC)O1. The van der Waals surface area contributed by atoms with Gasteiger partial charge in [0, 0.05) is 63.3 Å². The molecule has 0 unspecified atom stereocenters. The van der Waals surface area contributed by atoms with E-state index in [4.69, 9.17) is 42.7 Å². The molecule has 1 rings (SSSR count). The minimum absolute atomic E-state index is 0.514. The van der Waals surface area contributed by atoms with Crippen molar-refractivity contribution in [1.29, 1.82) is 0 Å². The first-order chi connectivity index (χ1) is 24.1. The molecule has 1 aliphatic heterocycles. The van der Waals surface area contributed by atoms with Crippen LogP contribution in [0, 0.1) is 0 Å². The topological polar surface area (TPSA) is 92.3 Å². The second-order valence-electron chi connectivity index (χ2n) is 13.7. The molecule has 300 valence electrons. The highest BCUT2D eigenvalue weighted by Crippen LogP contribution is 2.42. The number of hydrogen-bond donors (Lipinski definition) is 0. The monoisotopic (exact) mass is 800 g/mol. The first kappa shape index (κ1) is 48.7. The zero-order chi connectivity index (χ0) is 37.2. The lowest BCUT2D eigenvalue weighted by Gasteiger charge is -2.50. The molecule has 1 heterocycles. The van der Waals surface area contributed by atoms with Crippen molar-refractivity contribution in [2.45, 2.75) is 196 Å². The molecule has 0 aromatic carbocycles. The first-order valence-electron chi connectivity index (χ1n) is 20.8. The van der Waals surface area contributed by atoms with Gasteiger partial charge in [-0.25, -0.2) is 0 Å². The maximum absolute atomic E-state index is 7.58. The lowest BCUT2D eigenvalue weighted by atomic mass is 10.4. The molecule has 0 saturated carbocycles. The van der Waals surface area contributed by atoms with Crippen molar-refractivity contribution in [3.8, 4) is 0 Å².